The molecule has 2 atom stereocenters. The maximum absolute atomic E-state index is 5.81. The second-order valence-electron chi connectivity index (χ2n) is 3.40. The lowest BCUT2D eigenvalue weighted by atomic mass is 9.91. The molecule has 0 heterocycles. The highest BCUT2D eigenvalue weighted by molar-refractivity contribution is 4.81. The van der Waals surface area contributed by atoms with Crippen LogP contribution in [-0.2, 0) is 0 Å². The first-order valence-electron chi connectivity index (χ1n) is 3.71. The van der Waals surface area contributed by atoms with Gasteiger partial charge in [0.1, 0.15) is 0 Å². The van der Waals surface area contributed by atoms with Crippen molar-refractivity contribution in [2.24, 2.45) is 23.1 Å². The maximum Gasteiger partial charge on any atom is 0.0253 e. The average Bonchev–Trinajstić information content (AvgIpc) is 1.87. The highest BCUT2D eigenvalue weighted by Crippen LogP contribution is 2.10. The standard InChI is InChI=1S/C7H19N3/c1-6(4-8)3-7(2,10)5-9/h6H,3-5,8-10H2,1-2H3. The normalized spacial score (nSPS) is 20.1. The predicted molar refractivity (Wildman–Crippen MR) is 44.5 cm³/mol. The Hall–Kier alpha value is -0.120. The lowest BCUT2D eigenvalue weighted by Crippen LogP contribution is -2.45. The number of hydrogen-bond acceptors (Lipinski definition) is 3. The maximum atomic E-state index is 5.81. The smallest absolute Gasteiger partial charge is 0.0253 e. The van der Waals surface area contributed by atoms with Crippen LogP contribution in [0.5, 0.6) is 0 Å². The number of hydrogen-bond donors (Lipinski definition) is 3. The summed E-state index contributed by atoms with van der Waals surface area (Å²) in [5, 5.41) is 0. The fourth-order valence-corrected chi connectivity index (χ4v) is 0.963. The van der Waals surface area contributed by atoms with E-state index in [1.165, 1.54) is 0 Å². The summed E-state index contributed by atoms with van der Waals surface area (Å²) in [5.41, 5.74) is 16.5. The van der Waals surface area contributed by atoms with E-state index in [1.807, 2.05) is 6.92 Å². The van der Waals surface area contributed by atoms with Gasteiger partial charge < -0.3 is 17.2 Å². The van der Waals surface area contributed by atoms with Crippen molar-refractivity contribution in [2.75, 3.05) is 13.1 Å². The molecule has 10 heavy (non-hydrogen) atoms. The third-order valence-corrected chi connectivity index (χ3v) is 1.68. The van der Waals surface area contributed by atoms with E-state index in [2.05, 4.69) is 6.92 Å². The van der Waals surface area contributed by atoms with Gasteiger partial charge in [-0.05, 0) is 25.8 Å². The lowest BCUT2D eigenvalue weighted by molar-refractivity contribution is 0.366. The first-order chi connectivity index (χ1) is 4.52. The predicted octanol–water partition coefficient (Wildman–Crippen LogP) is -0.353. The fraction of sp³-hybridized carbons (Fsp3) is 1.00. The Balaban J connectivity index is 3.64. The summed E-state index contributed by atoms with van der Waals surface area (Å²) in [5.74, 6) is 0.471. The van der Waals surface area contributed by atoms with Gasteiger partial charge >= 0.3 is 0 Å². The molecule has 0 saturated heterocycles. The van der Waals surface area contributed by atoms with Crippen LogP contribution in [0.4, 0.5) is 0 Å². The molecule has 0 saturated carbocycles. The minimum Gasteiger partial charge on any atom is -0.330 e. The zero-order chi connectivity index (χ0) is 8.20. The third-order valence-electron chi connectivity index (χ3n) is 1.68. The van der Waals surface area contributed by atoms with E-state index in [4.69, 9.17) is 17.2 Å². The number of nitrogens with two attached hydrogens (primary N) is 3. The Labute approximate surface area is 62.9 Å². The van der Waals surface area contributed by atoms with Crippen LogP contribution in [0, 0.1) is 5.92 Å². The summed E-state index contributed by atoms with van der Waals surface area (Å²) in [7, 11) is 0. The molecule has 0 rings (SSSR count). The summed E-state index contributed by atoms with van der Waals surface area (Å²) in [6.07, 6.45) is 0.903. The van der Waals surface area contributed by atoms with Crippen LogP contribution in [0.15, 0.2) is 0 Å². The molecular formula is C7H19N3. The van der Waals surface area contributed by atoms with E-state index < -0.39 is 0 Å². The van der Waals surface area contributed by atoms with Gasteiger partial charge in [0.05, 0.1) is 0 Å². The van der Waals surface area contributed by atoms with Gasteiger partial charge in [-0.1, -0.05) is 6.92 Å². The van der Waals surface area contributed by atoms with Crippen molar-refractivity contribution < 1.29 is 0 Å². The van der Waals surface area contributed by atoms with Crippen LogP contribution in [0.2, 0.25) is 0 Å². The van der Waals surface area contributed by atoms with Crippen molar-refractivity contribution in [2.45, 2.75) is 25.8 Å². The molecule has 0 aliphatic heterocycles. The van der Waals surface area contributed by atoms with Gasteiger partial charge in [0.15, 0.2) is 0 Å². The van der Waals surface area contributed by atoms with Crippen LogP contribution < -0.4 is 17.2 Å². The highest BCUT2D eigenvalue weighted by Gasteiger charge is 2.18. The molecule has 6 N–H and O–H groups in total. The molecule has 0 spiro atoms. The van der Waals surface area contributed by atoms with Crippen LogP contribution in [0.1, 0.15) is 20.3 Å². The largest absolute Gasteiger partial charge is 0.330 e. The minimum absolute atomic E-state index is 0.237. The second kappa shape index (κ2) is 3.91. The molecule has 62 valence electrons. The van der Waals surface area contributed by atoms with Crippen LogP contribution in [-0.4, -0.2) is 18.6 Å². The molecule has 3 nitrogen and oxygen atoms in total. The van der Waals surface area contributed by atoms with Crippen molar-refractivity contribution in [3.8, 4) is 0 Å². The van der Waals surface area contributed by atoms with Gasteiger partial charge in [-0.2, -0.15) is 0 Å². The molecule has 0 aromatic carbocycles. The van der Waals surface area contributed by atoms with Crippen molar-refractivity contribution in [1.29, 1.82) is 0 Å². The Kier molecular flexibility index (Phi) is 3.86. The molecule has 2 unspecified atom stereocenters. The molecule has 0 aliphatic rings. The number of rotatable bonds is 4. The second-order valence-corrected chi connectivity index (χ2v) is 3.40. The van der Waals surface area contributed by atoms with Crippen molar-refractivity contribution in [3.63, 3.8) is 0 Å². The molecule has 0 aromatic heterocycles. The van der Waals surface area contributed by atoms with Gasteiger partial charge in [0.25, 0.3) is 0 Å². The van der Waals surface area contributed by atoms with E-state index in [-0.39, 0.29) is 5.54 Å². The molecule has 0 aliphatic carbocycles. The Morgan fingerprint density at radius 3 is 2.20 bits per heavy atom. The van der Waals surface area contributed by atoms with E-state index in [0.717, 1.165) is 6.42 Å². The zero-order valence-corrected chi connectivity index (χ0v) is 6.93. The molecule has 3 heteroatoms. The SMILES string of the molecule is CC(CN)CC(C)(N)CN. The molecule has 0 bridgehead atoms. The third kappa shape index (κ3) is 3.82. The highest BCUT2D eigenvalue weighted by atomic mass is 14.8. The fourth-order valence-electron chi connectivity index (χ4n) is 0.963. The Morgan fingerprint density at radius 1 is 1.40 bits per heavy atom. The summed E-state index contributed by atoms with van der Waals surface area (Å²) in [6, 6.07) is 0. The molecule has 0 aromatic rings. The minimum atomic E-state index is -0.237. The van der Waals surface area contributed by atoms with Crippen molar-refractivity contribution >= 4 is 0 Å². The Bertz CT molecular complexity index is 90.9. The average molecular weight is 145 g/mol. The first kappa shape index (κ1) is 9.88. The van der Waals surface area contributed by atoms with E-state index in [1.54, 1.807) is 0 Å². The van der Waals surface area contributed by atoms with Crippen LogP contribution in [0.3, 0.4) is 0 Å². The Morgan fingerprint density at radius 2 is 1.90 bits per heavy atom. The van der Waals surface area contributed by atoms with Gasteiger partial charge in [-0.3, -0.25) is 0 Å². The molecule has 0 fully saturated rings. The van der Waals surface area contributed by atoms with Crippen molar-refractivity contribution in [3.05, 3.63) is 0 Å². The van der Waals surface area contributed by atoms with E-state index >= 15 is 0 Å². The van der Waals surface area contributed by atoms with Gasteiger partial charge in [-0.15, -0.1) is 0 Å². The topological polar surface area (TPSA) is 78.1 Å². The van der Waals surface area contributed by atoms with Gasteiger partial charge in [0.2, 0.25) is 0 Å². The quantitative estimate of drug-likeness (QED) is 0.506. The van der Waals surface area contributed by atoms with Gasteiger partial charge in [0, 0.05) is 12.1 Å². The summed E-state index contributed by atoms with van der Waals surface area (Å²) in [6.45, 7) is 5.25. The summed E-state index contributed by atoms with van der Waals surface area (Å²) in [4.78, 5) is 0. The summed E-state index contributed by atoms with van der Waals surface area (Å²) >= 11 is 0. The van der Waals surface area contributed by atoms with Gasteiger partial charge in [-0.25, -0.2) is 0 Å². The molecule has 0 amide bonds. The monoisotopic (exact) mass is 145 g/mol. The van der Waals surface area contributed by atoms with E-state index in [9.17, 15) is 0 Å². The summed E-state index contributed by atoms with van der Waals surface area (Å²) < 4.78 is 0. The first-order valence-corrected chi connectivity index (χ1v) is 3.71. The molecule has 0 radical (unpaired) electrons. The van der Waals surface area contributed by atoms with Crippen LogP contribution >= 0.6 is 0 Å². The van der Waals surface area contributed by atoms with Crippen LogP contribution in [0.25, 0.3) is 0 Å². The lowest BCUT2D eigenvalue weighted by Gasteiger charge is -2.25. The zero-order valence-electron chi connectivity index (χ0n) is 6.93. The van der Waals surface area contributed by atoms with E-state index in [0.29, 0.717) is 19.0 Å². The van der Waals surface area contributed by atoms with Crippen molar-refractivity contribution in [1.82, 2.24) is 0 Å². The molecular weight excluding hydrogens is 126 g/mol.